The Balaban J connectivity index is 2.33. The van der Waals surface area contributed by atoms with Gasteiger partial charge in [0.25, 0.3) is 5.69 Å². The molecule has 2 aromatic carbocycles. The quantitative estimate of drug-likeness (QED) is 0.572. The molecular weight excluding hydrogens is 346 g/mol. The highest BCUT2D eigenvalue weighted by Crippen LogP contribution is 2.21. The van der Waals surface area contributed by atoms with Crippen LogP contribution < -0.4 is 5.32 Å². The summed E-state index contributed by atoms with van der Waals surface area (Å²) in [4.78, 5) is 37.5. The average molecular weight is 369 g/mol. The Bertz CT molecular complexity index is 808. The fourth-order valence-corrected chi connectivity index (χ4v) is 2.97. The molecule has 2 aromatic rings. The first-order valence-electron chi connectivity index (χ1n) is 8.75. The molecule has 0 saturated carbocycles. The van der Waals surface area contributed by atoms with Crippen molar-refractivity contribution in [2.45, 2.75) is 32.4 Å². The van der Waals surface area contributed by atoms with Crippen LogP contribution in [0.5, 0.6) is 0 Å². The third kappa shape index (κ3) is 5.13. The van der Waals surface area contributed by atoms with Gasteiger partial charge >= 0.3 is 0 Å². The van der Waals surface area contributed by atoms with E-state index in [9.17, 15) is 19.7 Å². The number of carbonyl (C=O) groups is 2. The van der Waals surface area contributed by atoms with Crippen LogP contribution in [0.4, 0.5) is 5.69 Å². The molecule has 1 N–H and O–H groups in total. The Morgan fingerprint density at radius 3 is 2.33 bits per heavy atom. The van der Waals surface area contributed by atoms with E-state index < -0.39 is 11.0 Å². The first kappa shape index (κ1) is 20.1. The van der Waals surface area contributed by atoms with Gasteiger partial charge < -0.3 is 10.2 Å². The van der Waals surface area contributed by atoms with Crippen LogP contribution in [-0.2, 0) is 22.6 Å². The third-order valence-corrected chi connectivity index (χ3v) is 4.36. The van der Waals surface area contributed by atoms with E-state index in [1.807, 2.05) is 37.3 Å². The Morgan fingerprint density at radius 1 is 1.11 bits per heavy atom. The number of hydrogen-bond donors (Lipinski definition) is 1. The van der Waals surface area contributed by atoms with Gasteiger partial charge in [0.1, 0.15) is 6.04 Å². The molecular formula is C20H23N3O4. The number of nitro benzene ring substituents is 1. The first-order chi connectivity index (χ1) is 13.0. The molecule has 0 aliphatic carbocycles. The SMILES string of the molecule is CC[C@H](C(=O)NC)N(Cc1ccccc1)C(=O)Cc1ccccc1[N+](=O)[O-]. The van der Waals surface area contributed by atoms with Gasteiger partial charge in [0.15, 0.2) is 0 Å². The summed E-state index contributed by atoms with van der Waals surface area (Å²) in [6, 6.07) is 14.9. The molecule has 0 saturated heterocycles. The van der Waals surface area contributed by atoms with E-state index in [-0.39, 0.29) is 30.5 Å². The van der Waals surface area contributed by atoms with Crippen LogP contribution in [-0.4, -0.2) is 34.7 Å². The summed E-state index contributed by atoms with van der Waals surface area (Å²) in [5.74, 6) is -0.590. The summed E-state index contributed by atoms with van der Waals surface area (Å²) < 4.78 is 0. The molecule has 0 bridgehead atoms. The topological polar surface area (TPSA) is 92.6 Å². The minimum atomic E-state index is -0.648. The van der Waals surface area contributed by atoms with Crippen LogP contribution in [0, 0.1) is 10.1 Å². The monoisotopic (exact) mass is 369 g/mol. The van der Waals surface area contributed by atoms with Crippen molar-refractivity contribution in [1.82, 2.24) is 10.2 Å². The number of likely N-dealkylation sites (N-methyl/N-ethyl adjacent to an activating group) is 1. The molecule has 0 heterocycles. The Labute approximate surface area is 158 Å². The van der Waals surface area contributed by atoms with E-state index >= 15 is 0 Å². The molecule has 142 valence electrons. The number of nitro groups is 1. The highest BCUT2D eigenvalue weighted by atomic mass is 16.6. The predicted octanol–water partition coefficient (Wildman–Crippen LogP) is 2.69. The maximum absolute atomic E-state index is 13.0. The molecule has 0 spiro atoms. The van der Waals surface area contributed by atoms with Crippen LogP contribution in [0.2, 0.25) is 0 Å². The second kappa shape index (κ2) is 9.47. The number of nitrogens with zero attached hydrogens (tertiary/aromatic N) is 2. The largest absolute Gasteiger partial charge is 0.357 e. The lowest BCUT2D eigenvalue weighted by molar-refractivity contribution is -0.385. The lowest BCUT2D eigenvalue weighted by atomic mass is 10.1. The standard InChI is InChI=1S/C20H23N3O4/c1-3-17(20(25)21-2)22(14-15-9-5-4-6-10-15)19(24)13-16-11-7-8-12-18(16)23(26)27/h4-12,17H,3,13-14H2,1-2H3,(H,21,25)/t17-/m1/s1. The highest BCUT2D eigenvalue weighted by Gasteiger charge is 2.29. The minimum absolute atomic E-state index is 0.0986. The Kier molecular flexibility index (Phi) is 7.05. The lowest BCUT2D eigenvalue weighted by Gasteiger charge is -2.30. The van der Waals surface area contributed by atoms with Crippen LogP contribution in [0.3, 0.4) is 0 Å². The number of amides is 2. The van der Waals surface area contributed by atoms with Gasteiger partial charge in [-0.3, -0.25) is 19.7 Å². The van der Waals surface area contributed by atoms with E-state index in [4.69, 9.17) is 0 Å². The summed E-state index contributed by atoms with van der Waals surface area (Å²) >= 11 is 0. The Hall–Kier alpha value is -3.22. The zero-order chi connectivity index (χ0) is 19.8. The molecule has 2 rings (SSSR count). The fourth-order valence-electron chi connectivity index (χ4n) is 2.97. The van der Waals surface area contributed by atoms with Gasteiger partial charge in [0.05, 0.1) is 11.3 Å². The second-order valence-corrected chi connectivity index (χ2v) is 6.11. The second-order valence-electron chi connectivity index (χ2n) is 6.11. The van der Waals surface area contributed by atoms with Gasteiger partial charge in [-0.25, -0.2) is 0 Å². The van der Waals surface area contributed by atoms with Gasteiger partial charge in [-0.05, 0) is 12.0 Å². The van der Waals surface area contributed by atoms with Gasteiger partial charge in [0.2, 0.25) is 11.8 Å². The number of para-hydroxylation sites is 1. The molecule has 0 aliphatic rings. The van der Waals surface area contributed by atoms with Crippen LogP contribution >= 0.6 is 0 Å². The number of rotatable bonds is 8. The van der Waals surface area contributed by atoms with E-state index in [0.717, 1.165) is 5.56 Å². The summed E-state index contributed by atoms with van der Waals surface area (Å²) in [6.07, 6.45) is 0.298. The number of benzene rings is 2. The third-order valence-electron chi connectivity index (χ3n) is 4.36. The van der Waals surface area contributed by atoms with Crippen molar-refractivity contribution in [3.63, 3.8) is 0 Å². The molecule has 7 nitrogen and oxygen atoms in total. The number of hydrogen-bond acceptors (Lipinski definition) is 4. The maximum Gasteiger partial charge on any atom is 0.273 e. The van der Waals surface area contributed by atoms with E-state index in [1.165, 1.54) is 18.0 Å². The zero-order valence-corrected chi connectivity index (χ0v) is 15.4. The highest BCUT2D eigenvalue weighted by molar-refractivity contribution is 5.88. The minimum Gasteiger partial charge on any atom is -0.357 e. The van der Waals surface area contributed by atoms with E-state index in [0.29, 0.717) is 12.0 Å². The van der Waals surface area contributed by atoms with Crippen molar-refractivity contribution in [1.29, 1.82) is 0 Å². The summed E-state index contributed by atoms with van der Waals surface area (Å²) in [5, 5.41) is 13.8. The van der Waals surface area contributed by atoms with Gasteiger partial charge in [-0.1, -0.05) is 55.5 Å². The molecule has 27 heavy (non-hydrogen) atoms. The van der Waals surface area contributed by atoms with Crippen molar-refractivity contribution < 1.29 is 14.5 Å². The molecule has 0 aliphatic heterocycles. The molecule has 2 amide bonds. The normalized spacial score (nSPS) is 11.5. The van der Waals surface area contributed by atoms with Crippen molar-refractivity contribution in [3.05, 3.63) is 75.8 Å². The van der Waals surface area contributed by atoms with Gasteiger partial charge in [-0.15, -0.1) is 0 Å². The summed E-state index contributed by atoms with van der Waals surface area (Å²) in [6.45, 7) is 2.09. The molecule has 0 unspecified atom stereocenters. The van der Waals surface area contributed by atoms with Crippen LogP contribution in [0.25, 0.3) is 0 Å². The first-order valence-corrected chi connectivity index (χ1v) is 8.75. The predicted molar refractivity (Wildman–Crippen MR) is 102 cm³/mol. The van der Waals surface area contributed by atoms with Crippen molar-refractivity contribution in [2.75, 3.05) is 7.05 Å². The molecule has 1 atom stereocenters. The molecule has 0 radical (unpaired) electrons. The summed E-state index contributed by atoms with van der Waals surface area (Å²) in [5.41, 5.74) is 1.12. The van der Waals surface area contributed by atoms with E-state index in [1.54, 1.807) is 18.2 Å². The van der Waals surface area contributed by atoms with Gasteiger partial charge in [0, 0.05) is 25.2 Å². The van der Waals surface area contributed by atoms with Crippen LogP contribution in [0.1, 0.15) is 24.5 Å². The number of carbonyl (C=O) groups excluding carboxylic acids is 2. The average Bonchev–Trinajstić information content (AvgIpc) is 2.68. The van der Waals surface area contributed by atoms with E-state index in [2.05, 4.69) is 5.32 Å². The maximum atomic E-state index is 13.0. The molecule has 0 fully saturated rings. The van der Waals surface area contributed by atoms with Gasteiger partial charge in [-0.2, -0.15) is 0 Å². The zero-order valence-electron chi connectivity index (χ0n) is 15.4. The number of nitrogens with one attached hydrogen (secondary N) is 1. The molecule has 7 heteroatoms. The smallest absolute Gasteiger partial charge is 0.273 e. The van der Waals surface area contributed by atoms with Crippen molar-refractivity contribution >= 4 is 17.5 Å². The fraction of sp³-hybridized carbons (Fsp3) is 0.300. The molecule has 0 aromatic heterocycles. The van der Waals surface area contributed by atoms with Crippen LogP contribution in [0.15, 0.2) is 54.6 Å². The lowest BCUT2D eigenvalue weighted by Crippen LogP contribution is -2.48. The Morgan fingerprint density at radius 2 is 1.74 bits per heavy atom. The summed E-state index contributed by atoms with van der Waals surface area (Å²) in [7, 11) is 1.53. The van der Waals surface area contributed by atoms with Crippen molar-refractivity contribution in [2.24, 2.45) is 0 Å². The van der Waals surface area contributed by atoms with Crippen molar-refractivity contribution in [3.8, 4) is 0 Å².